The minimum absolute atomic E-state index is 0.00371. The minimum atomic E-state index is 0.00371. The van der Waals surface area contributed by atoms with E-state index in [9.17, 15) is 10.2 Å². The maximum atomic E-state index is 11.3. The Hall–Kier alpha value is -5.22. The van der Waals surface area contributed by atoms with Crippen molar-refractivity contribution in [3.05, 3.63) is 132 Å². The number of phenols is 2. The largest absolute Gasteiger partial charge is 0.507 e. The SMILES string of the molecule is Oc1c(C=NC2CCCCC2N=Cc2cccc(-c3cccc4ccccc34)c2O)cccc1-c1cccc2ccccc12. The fraction of sp³-hybridized carbons (Fsp3) is 0.150. The molecule has 6 aromatic rings. The van der Waals surface area contributed by atoms with Gasteiger partial charge in [-0.15, -0.1) is 0 Å². The molecule has 0 aliphatic heterocycles. The molecule has 0 radical (unpaired) electrons. The number of para-hydroxylation sites is 2. The van der Waals surface area contributed by atoms with Crippen molar-refractivity contribution in [2.75, 3.05) is 0 Å². The monoisotopic (exact) mass is 574 g/mol. The fourth-order valence-corrected chi connectivity index (χ4v) is 6.48. The number of nitrogens with zero attached hydrogens (tertiary/aromatic N) is 2. The molecule has 0 spiro atoms. The first kappa shape index (κ1) is 27.6. The van der Waals surface area contributed by atoms with Crippen LogP contribution in [0.2, 0.25) is 0 Å². The lowest BCUT2D eigenvalue weighted by molar-refractivity contribution is 0.390. The molecule has 2 atom stereocenters. The molecule has 7 rings (SSSR count). The van der Waals surface area contributed by atoms with E-state index in [1.54, 1.807) is 12.4 Å². The maximum Gasteiger partial charge on any atom is 0.132 e. The second kappa shape index (κ2) is 12.2. The van der Waals surface area contributed by atoms with Crippen LogP contribution in [0.25, 0.3) is 43.8 Å². The van der Waals surface area contributed by atoms with Gasteiger partial charge in [-0.2, -0.15) is 0 Å². The lowest BCUT2D eigenvalue weighted by atomic mass is 9.91. The van der Waals surface area contributed by atoms with E-state index in [2.05, 4.69) is 48.5 Å². The van der Waals surface area contributed by atoms with E-state index in [1.165, 1.54) is 0 Å². The summed E-state index contributed by atoms with van der Waals surface area (Å²) in [6, 6.07) is 40.5. The van der Waals surface area contributed by atoms with Crippen molar-refractivity contribution in [1.82, 2.24) is 0 Å². The summed E-state index contributed by atoms with van der Waals surface area (Å²) < 4.78 is 0. The predicted octanol–water partition coefficient (Wildman–Crippen LogP) is 9.59. The van der Waals surface area contributed by atoms with Gasteiger partial charge in [-0.1, -0.05) is 122 Å². The van der Waals surface area contributed by atoms with Gasteiger partial charge in [0.1, 0.15) is 11.5 Å². The number of rotatable bonds is 6. The van der Waals surface area contributed by atoms with Crippen molar-refractivity contribution in [2.45, 2.75) is 37.8 Å². The van der Waals surface area contributed by atoms with Crippen molar-refractivity contribution in [3.8, 4) is 33.8 Å². The lowest BCUT2D eigenvalue weighted by Crippen LogP contribution is -2.27. The Morgan fingerprint density at radius 2 is 0.841 bits per heavy atom. The zero-order valence-corrected chi connectivity index (χ0v) is 24.5. The Morgan fingerprint density at radius 3 is 1.32 bits per heavy atom. The van der Waals surface area contributed by atoms with Gasteiger partial charge >= 0.3 is 0 Å². The minimum Gasteiger partial charge on any atom is -0.507 e. The quantitative estimate of drug-likeness (QED) is 0.195. The molecule has 2 unspecified atom stereocenters. The van der Waals surface area contributed by atoms with Gasteiger partial charge in [-0.25, -0.2) is 0 Å². The average molecular weight is 575 g/mol. The van der Waals surface area contributed by atoms with Crippen LogP contribution >= 0.6 is 0 Å². The normalized spacial score (nSPS) is 17.2. The zero-order chi connectivity index (χ0) is 29.9. The average Bonchev–Trinajstić information content (AvgIpc) is 3.07. The van der Waals surface area contributed by atoms with Gasteiger partial charge in [-0.3, -0.25) is 9.98 Å². The van der Waals surface area contributed by atoms with E-state index in [0.717, 1.165) is 69.5 Å². The van der Waals surface area contributed by atoms with Crippen LogP contribution in [0.1, 0.15) is 36.8 Å². The highest BCUT2D eigenvalue weighted by molar-refractivity contribution is 6.01. The van der Waals surface area contributed by atoms with Crippen molar-refractivity contribution in [2.24, 2.45) is 9.98 Å². The molecule has 0 heterocycles. The Labute approximate surface area is 257 Å². The molecule has 216 valence electrons. The van der Waals surface area contributed by atoms with Crippen LogP contribution in [-0.2, 0) is 0 Å². The molecule has 1 aliphatic carbocycles. The van der Waals surface area contributed by atoms with Gasteiger partial charge in [0.2, 0.25) is 0 Å². The summed E-state index contributed by atoms with van der Waals surface area (Å²) >= 11 is 0. The number of aromatic hydroxyl groups is 2. The summed E-state index contributed by atoms with van der Waals surface area (Å²) in [5, 5.41) is 27.1. The number of aliphatic imine (C=N–C) groups is 2. The second-order valence-corrected chi connectivity index (χ2v) is 11.5. The number of benzene rings is 6. The van der Waals surface area contributed by atoms with E-state index < -0.39 is 0 Å². The molecule has 2 N–H and O–H groups in total. The lowest BCUT2D eigenvalue weighted by Gasteiger charge is -2.25. The molecule has 0 bridgehead atoms. The number of hydrogen-bond donors (Lipinski definition) is 2. The summed E-state index contributed by atoms with van der Waals surface area (Å²) in [5.74, 6) is 0.470. The van der Waals surface area contributed by atoms with Gasteiger partial charge in [-0.05, 0) is 57.6 Å². The summed E-state index contributed by atoms with van der Waals surface area (Å²) in [5.41, 5.74) is 4.99. The van der Waals surface area contributed by atoms with Crippen LogP contribution in [-0.4, -0.2) is 34.7 Å². The third kappa shape index (κ3) is 5.35. The summed E-state index contributed by atoms with van der Waals surface area (Å²) in [6.07, 6.45) is 7.67. The Bertz CT molecular complexity index is 1870. The highest BCUT2D eigenvalue weighted by atomic mass is 16.3. The molecule has 0 saturated heterocycles. The molecule has 44 heavy (non-hydrogen) atoms. The van der Waals surface area contributed by atoms with Crippen LogP contribution < -0.4 is 0 Å². The zero-order valence-electron chi connectivity index (χ0n) is 24.5. The molecule has 6 aromatic carbocycles. The fourth-order valence-electron chi connectivity index (χ4n) is 6.48. The maximum absolute atomic E-state index is 11.3. The van der Waals surface area contributed by atoms with Crippen LogP contribution in [0.3, 0.4) is 0 Å². The second-order valence-electron chi connectivity index (χ2n) is 11.5. The molecule has 1 saturated carbocycles. The molecule has 0 amide bonds. The number of fused-ring (bicyclic) bond motifs is 2. The Kier molecular flexibility index (Phi) is 7.64. The Balaban J connectivity index is 1.15. The van der Waals surface area contributed by atoms with Crippen LogP contribution in [0, 0.1) is 0 Å². The van der Waals surface area contributed by atoms with Gasteiger partial charge in [0.05, 0.1) is 12.1 Å². The van der Waals surface area contributed by atoms with E-state index in [0.29, 0.717) is 11.1 Å². The highest BCUT2D eigenvalue weighted by Crippen LogP contribution is 2.38. The van der Waals surface area contributed by atoms with E-state index in [1.807, 2.05) is 72.8 Å². The predicted molar refractivity (Wildman–Crippen MR) is 183 cm³/mol. The molecule has 1 fully saturated rings. The highest BCUT2D eigenvalue weighted by Gasteiger charge is 2.24. The Morgan fingerprint density at radius 1 is 0.455 bits per heavy atom. The summed E-state index contributed by atoms with van der Waals surface area (Å²) in [6.45, 7) is 0. The molecular formula is C40H34N2O2. The summed E-state index contributed by atoms with van der Waals surface area (Å²) in [4.78, 5) is 9.93. The van der Waals surface area contributed by atoms with E-state index >= 15 is 0 Å². The first-order valence-corrected chi connectivity index (χ1v) is 15.3. The van der Waals surface area contributed by atoms with Crippen molar-refractivity contribution in [3.63, 3.8) is 0 Å². The number of phenolic OH excluding ortho intramolecular Hbond substituents is 2. The first-order valence-electron chi connectivity index (χ1n) is 15.3. The van der Waals surface area contributed by atoms with Gasteiger partial charge in [0.25, 0.3) is 0 Å². The van der Waals surface area contributed by atoms with Crippen molar-refractivity contribution in [1.29, 1.82) is 0 Å². The third-order valence-electron chi connectivity index (χ3n) is 8.80. The molecule has 4 heteroatoms. The van der Waals surface area contributed by atoms with Crippen LogP contribution in [0.5, 0.6) is 11.5 Å². The van der Waals surface area contributed by atoms with Crippen LogP contribution in [0.15, 0.2) is 131 Å². The standard InChI is InChI=1S/C40H34N2O2/c43-39-29(15-9-21-35(39)33-19-7-13-27-11-1-3-17-31(27)33)25-41-37-23-5-6-24-38(37)42-26-30-16-10-22-36(40(30)44)34-20-8-14-28-12-2-4-18-32(28)34/h1-4,7-22,25-26,37-38,43-44H,5-6,23-24H2. The van der Waals surface area contributed by atoms with Crippen molar-refractivity contribution < 1.29 is 10.2 Å². The van der Waals surface area contributed by atoms with Gasteiger partial charge in [0.15, 0.2) is 0 Å². The smallest absolute Gasteiger partial charge is 0.132 e. The molecule has 1 aliphatic rings. The number of hydrogen-bond acceptors (Lipinski definition) is 4. The van der Waals surface area contributed by atoms with Crippen LogP contribution in [0.4, 0.5) is 0 Å². The molecule has 4 nitrogen and oxygen atoms in total. The third-order valence-corrected chi connectivity index (χ3v) is 8.80. The topological polar surface area (TPSA) is 65.2 Å². The van der Waals surface area contributed by atoms with E-state index in [4.69, 9.17) is 9.98 Å². The van der Waals surface area contributed by atoms with Gasteiger partial charge < -0.3 is 10.2 Å². The molecular weight excluding hydrogens is 540 g/mol. The van der Waals surface area contributed by atoms with E-state index in [-0.39, 0.29) is 23.6 Å². The molecule has 0 aromatic heterocycles. The summed E-state index contributed by atoms with van der Waals surface area (Å²) in [7, 11) is 0. The first-order chi connectivity index (χ1) is 21.7. The van der Waals surface area contributed by atoms with Crippen molar-refractivity contribution >= 4 is 34.0 Å². The van der Waals surface area contributed by atoms with Gasteiger partial charge in [0, 0.05) is 34.7 Å².